The van der Waals surface area contributed by atoms with Crippen molar-refractivity contribution in [3.63, 3.8) is 0 Å². The molecule has 1 aliphatic rings. The lowest BCUT2D eigenvalue weighted by Gasteiger charge is -2.32. The van der Waals surface area contributed by atoms with Crippen molar-refractivity contribution in [2.24, 2.45) is 9.98 Å². The number of imidazole rings is 1. The van der Waals surface area contributed by atoms with E-state index in [4.69, 9.17) is 9.97 Å². The highest BCUT2D eigenvalue weighted by Gasteiger charge is 2.22. The molecule has 40 heavy (non-hydrogen) atoms. The molecule has 0 aliphatic carbocycles. The molecule has 0 bridgehead atoms. The summed E-state index contributed by atoms with van der Waals surface area (Å²) in [5.41, 5.74) is 2.52. The Kier molecular flexibility index (Phi) is 10.1. The highest BCUT2D eigenvalue weighted by atomic mass is 19.1. The first-order chi connectivity index (χ1) is 19.3. The lowest BCUT2D eigenvalue weighted by molar-refractivity contribution is 0.148. The van der Waals surface area contributed by atoms with Crippen LogP contribution in [0.5, 0.6) is 0 Å². The van der Waals surface area contributed by atoms with Crippen LogP contribution in [0.4, 0.5) is 10.2 Å². The van der Waals surface area contributed by atoms with E-state index in [1.807, 2.05) is 12.3 Å². The Labute approximate surface area is 236 Å². The van der Waals surface area contributed by atoms with Gasteiger partial charge >= 0.3 is 0 Å². The van der Waals surface area contributed by atoms with Gasteiger partial charge in [-0.3, -0.25) is 14.9 Å². The van der Waals surface area contributed by atoms with Crippen molar-refractivity contribution in [3.05, 3.63) is 53.8 Å². The zero-order chi connectivity index (χ0) is 28.6. The molecule has 0 spiro atoms. The van der Waals surface area contributed by atoms with Crippen LogP contribution in [-0.4, -0.2) is 86.6 Å². The standard InChI is InChI=1S/C29H41FN10/c1-7-22(8-2)40-28(20(3)4)36-24-17-33-27(37-29(24)40)26(23(30)16-31-5)35-19-34-25-10-9-21(15-32-25)18-39-13-11-38(6)12-14-39/h9-10,15-17,20,22H,5,7-8,11-14,18-19H2,1-4,6H3,(H,32,34)/b23-16+,35-26+. The van der Waals surface area contributed by atoms with Gasteiger partial charge in [-0.25, -0.2) is 24.3 Å². The van der Waals surface area contributed by atoms with Gasteiger partial charge in [-0.15, -0.1) is 0 Å². The molecule has 3 aromatic heterocycles. The van der Waals surface area contributed by atoms with Gasteiger partial charge in [-0.05, 0) is 38.2 Å². The Bertz CT molecular complexity index is 1330. The summed E-state index contributed by atoms with van der Waals surface area (Å²) in [5.74, 6) is 1.31. The first kappa shape index (κ1) is 29.4. The maximum atomic E-state index is 15.1. The van der Waals surface area contributed by atoms with Gasteiger partial charge in [0.15, 0.2) is 17.3 Å². The van der Waals surface area contributed by atoms with Crippen LogP contribution in [0.25, 0.3) is 11.2 Å². The summed E-state index contributed by atoms with van der Waals surface area (Å²) < 4.78 is 17.3. The molecule has 1 aliphatic heterocycles. The first-order valence-corrected chi connectivity index (χ1v) is 14.1. The predicted octanol–water partition coefficient (Wildman–Crippen LogP) is 4.82. The Morgan fingerprint density at radius 1 is 1.10 bits per heavy atom. The van der Waals surface area contributed by atoms with Crippen LogP contribution in [-0.2, 0) is 6.54 Å². The van der Waals surface area contributed by atoms with Crippen molar-refractivity contribution in [1.82, 2.24) is 34.3 Å². The van der Waals surface area contributed by atoms with Gasteiger partial charge in [0.1, 0.15) is 29.5 Å². The maximum Gasteiger partial charge on any atom is 0.183 e. The molecule has 4 heterocycles. The number of anilines is 1. The summed E-state index contributed by atoms with van der Waals surface area (Å²) in [6, 6.07) is 4.21. The van der Waals surface area contributed by atoms with Crippen molar-refractivity contribution < 1.29 is 4.39 Å². The molecule has 1 fully saturated rings. The number of halogens is 1. The number of nitrogens with one attached hydrogen (secondary N) is 1. The van der Waals surface area contributed by atoms with E-state index in [-0.39, 0.29) is 30.2 Å². The zero-order valence-electron chi connectivity index (χ0n) is 24.3. The number of rotatable bonds is 12. The van der Waals surface area contributed by atoms with E-state index in [0.29, 0.717) is 17.0 Å². The SMILES string of the molecule is C=N/C=C(F)\C(=N/CNc1ccc(CN2CCN(C)CC2)cn1)c1ncc2nc(C(C)C)n(C(CC)CC)c2n1. The lowest BCUT2D eigenvalue weighted by atomic mass is 10.1. The average Bonchev–Trinajstić information content (AvgIpc) is 3.33. The number of piperazine rings is 1. The number of fused-ring (bicyclic) bond motifs is 1. The molecule has 0 aromatic carbocycles. The molecule has 0 radical (unpaired) electrons. The molecular weight excluding hydrogens is 507 g/mol. The largest absolute Gasteiger partial charge is 0.351 e. The number of allylic oxidation sites excluding steroid dienone is 1. The monoisotopic (exact) mass is 548 g/mol. The Morgan fingerprint density at radius 2 is 1.85 bits per heavy atom. The van der Waals surface area contributed by atoms with Gasteiger partial charge in [-0.1, -0.05) is 33.8 Å². The quantitative estimate of drug-likeness (QED) is 0.324. The zero-order valence-corrected chi connectivity index (χ0v) is 24.3. The number of hydrogen-bond acceptors (Lipinski definition) is 9. The molecule has 4 rings (SSSR count). The number of hydrogen-bond donors (Lipinski definition) is 1. The second-order valence-corrected chi connectivity index (χ2v) is 10.5. The van der Waals surface area contributed by atoms with Crippen molar-refractivity contribution in [3.8, 4) is 0 Å². The molecule has 214 valence electrons. The van der Waals surface area contributed by atoms with E-state index in [1.165, 1.54) is 0 Å². The Balaban J connectivity index is 1.55. The number of pyridine rings is 1. The van der Waals surface area contributed by atoms with Gasteiger partial charge in [-0.2, -0.15) is 0 Å². The van der Waals surface area contributed by atoms with E-state index in [9.17, 15) is 0 Å². The number of aromatic nitrogens is 5. The summed E-state index contributed by atoms with van der Waals surface area (Å²) in [5, 5.41) is 3.15. The Hall–Kier alpha value is -3.57. The molecule has 0 amide bonds. The normalized spacial score (nSPS) is 15.9. The minimum Gasteiger partial charge on any atom is -0.351 e. The molecule has 0 unspecified atom stereocenters. The Morgan fingerprint density at radius 3 is 2.48 bits per heavy atom. The molecular formula is C29H41FN10. The van der Waals surface area contributed by atoms with Crippen LogP contribution in [0.1, 0.15) is 69.7 Å². The fraction of sp³-hybridized carbons (Fsp3) is 0.517. The fourth-order valence-electron chi connectivity index (χ4n) is 4.92. The fourth-order valence-corrected chi connectivity index (χ4v) is 4.92. The smallest absolute Gasteiger partial charge is 0.183 e. The molecule has 1 saturated heterocycles. The topological polar surface area (TPSA) is 99.7 Å². The second-order valence-electron chi connectivity index (χ2n) is 10.5. The van der Waals surface area contributed by atoms with Crippen molar-refractivity contribution in [1.29, 1.82) is 0 Å². The molecule has 1 N–H and O–H groups in total. The summed E-state index contributed by atoms with van der Waals surface area (Å²) >= 11 is 0. The average molecular weight is 549 g/mol. The van der Waals surface area contributed by atoms with Gasteiger partial charge in [0, 0.05) is 50.9 Å². The van der Waals surface area contributed by atoms with E-state index < -0.39 is 5.83 Å². The third-order valence-electron chi connectivity index (χ3n) is 7.25. The number of likely N-dealkylation sites (N-methyl/N-ethyl adjacent to an activating group) is 1. The van der Waals surface area contributed by atoms with E-state index in [0.717, 1.165) is 63.2 Å². The molecule has 11 heteroatoms. The van der Waals surface area contributed by atoms with Crippen molar-refractivity contribution in [2.75, 3.05) is 45.2 Å². The van der Waals surface area contributed by atoms with Crippen LogP contribution in [0.2, 0.25) is 0 Å². The third-order valence-corrected chi connectivity index (χ3v) is 7.25. The van der Waals surface area contributed by atoms with E-state index in [1.54, 1.807) is 6.20 Å². The second kappa shape index (κ2) is 13.7. The van der Waals surface area contributed by atoms with Crippen molar-refractivity contribution in [2.45, 2.75) is 59.0 Å². The van der Waals surface area contributed by atoms with Gasteiger partial charge in [0.25, 0.3) is 0 Å². The van der Waals surface area contributed by atoms with E-state index >= 15 is 4.39 Å². The molecule has 0 atom stereocenters. The minimum absolute atomic E-state index is 0.00289. The molecule has 3 aromatic rings. The number of nitrogens with zero attached hydrogens (tertiary/aromatic N) is 9. The number of aliphatic imine (C=N–C) groups is 2. The van der Waals surface area contributed by atoms with Gasteiger partial charge in [0.05, 0.1) is 12.4 Å². The summed E-state index contributed by atoms with van der Waals surface area (Å²) in [7, 11) is 2.15. The van der Waals surface area contributed by atoms with Crippen molar-refractivity contribution >= 4 is 29.4 Å². The highest BCUT2D eigenvalue weighted by molar-refractivity contribution is 6.09. The minimum atomic E-state index is -0.663. The summed E-state index contributed by atoms with van der Waals surface area (Å²) in [4.78, 5) is 31.3. The van der Waals surface area contributed by atoms with E-state index in [2.05, 4.69) is 87.2 Å². The van der Waals surface area contributed by atoms with Crippen LogP contribution >= 0.6 is 0 Å². The molecule has 10 nitrogen and oxygen atoms in total. The first-order valence-electron chi connectivity index (χ1n) is 14.1. The summed E-state index contributed by atoms with van der Waals surface area (Å²) in [6.45, 7) is 17.1. The van der Waals surface area contributed by atoms with Crippen LogP contribution in [0.15, 0.2) is 46.5 Å². The lowest BCUT2D eigenvalue weighted by Crippen LogP contribution is -2.43. The van der Waals surface area contributed by atoms with Gasteiger partial charge < -0.3 is 14.8 Å². The maximum absolute atomic E-state index is 15.1. The molecule has 0 saturated carbocycles. The van der Waals surface area contributed by atoms with Gasteiger partial charge in [0.2, 0.25) is 0 Å². The third kappa shape index (κ3) is 6.95. The van der Waals surface area contributed by atoms with Crippen LogP contribution in [0, 0.1) is 0 Å². The predicted molar refractivity (Wildman–Crippen MR) is 160 cm³/mol. The van der Waals surface area contributed by atoms with Crippen LogP contribution in [0.3, 0.4) is 0 Å². The van der Waals surface area contributed by atoms with Crippen LogP contribution < -0.4 is 5.32 Å². The highest BCUT2D eigenvalue weighted by Crippen LogP contribution is 2.28. The summed E-state index contributed by atoms with van der Waals surface area (Å²) in [6.07, 6.45) is 6.40.